The van der Waals surface area contributed by atoms with Gasteiger partial charge in [-0.15, -0.1) is 0 Å². The van der Waals surface area contributed by atoms with E-state index in [1.165, 1.54) is 35.7 Å². The summed E-state index contributed by atoms with van der Waals surface area (Å²) in [7, 11) is -3.74. The van der Waals surface area contributed by atoms with Crippen LogP contribution in [0.5, 0.6) is 0 Å². The average molecular weight is 434 g/mol. The molecule has 0 unspecified atom stereocenters. The molecule has 0 radical (unpaired) electrons. The summed E-state index contributed by atoms with van der Waals surface area (Å²) in [4.78, 5) is 13.7. The summed E-state index contributed by atoms with van der Waals surface area (Å²) in [6.07, 6.45) is 3.61. The van der Waals surface area contributed by atoms with Gasteiger partial charge in [0.25, 0.3) is 0 Å². The van der Waals surface area contributed by atoms with E-state index in [0.29, 0.717) is 37.7 Å². The zero-order valence-corrected chi connectivity index (χ0v) is 18.3. The van der Waals surface area contributed by atoms with Gasteiger partial charge in [0, 0.05) is 51.0 Å². The second-order valence-electron chi connectivity index (χ2n) is 8.02. The van der Waals surface area contributed by atoms with Gasteiger partial charge >= 0.3 is 0 Å². The molecule has 162 valence electrons. The third-order valence-electron chi connectivity index (χ3n) is 5.80. The lowest BCUT2D eigenvalue weighted by Gasteiger charge is -2.35. The number of aryl methyl sites for hydroxylation is 2. The van der Waals surface area contributed by atoms with Crippen molar-refractivity contribution in [3.05, 3.63) is 41.3 Å². The van der Waals surface area contributed by atoms with Gasteiger partial charge in [-0.3, -0.25) is 0 Å². The summed E-state index contributed by atoms with van der Waals surface area (Å²) in [6.45, 7) is 7.29. The standard InChI is InChI=1S/C21H28FN5O2S/c1-16-6-7-18(22)15-19(16)30(28,29)27-12-10-26(11-13-27)21-23-17(2)14-20(24-21)25-8-4-3-5-9-25/h6-7,14-15H,3-5,8-13H2,1-2H3. The zero-order chi connectivity index (χ0) is 21.3. The number of piperidine rings is 1. The van der Waals surface area contributed by atoms with Crippen LogP contribution in [0, 0.1) is 19.7 Å². The first-order valence-corrected chi connectivity index (χ1v) is 11.9. The summed E-state index contributed by atoms with van der Waals surface area (Å²) >= 11 is 0. The quantitative estimate of drug-likeness (QED) is 0.739. The summed E-state index contributed by atoms with van der Waals surface area (Å²) in [6, 6.07) is 5.90. The molecule has 0 amide bonds. The molecule has 9 heteroatoms. The molecular formula is C21H28FN5O2S. The van der Waals surface area contributed by atoms with E-state index in [4.69, 9.17) is 4.98 Å². The molecular weight excluding hydrogens is 405 g/mol. The van der Waals surface area contributed by atoms with E-state index in [9.17, 15) is 12.8 Å². The maximum absolute atomic E-state index is 13.6. The number of hydrogen-bond donors (Lipinski definition) is 0. The molecule has 2 saturated heterocycles. The van der Waals surface area contributed by atoms with E-state index in [-0.39, 0.29) is 4.90 Å². The molecule has 1 aromatic heterocycles. The predicted molar refractivity (Wildman–Crippen MR) is 115 cm³/mol. The van der Waals surface area contributed by atoms with E-state index in [2.05, 4.69) is 9.88 Å². The first-order valence-electron chi connectivity index (χ1n) is 10.5. The van der Waals surface area contributed by atoms with Gasteiger partial charge in [0.15, 0.2) is 0 Å². The minimum atomic E-state index is -3.74. The van der Waals surface area contributed by atoms with Crippen LogP contribution in [0.3, 0.4) is 0 Å². The highest BCUT2D eigenvalue weighted by Gasteiger charge is 2.31. The molecule has 3 heterocycles. The number of hydrogen-bond acceptors (Lipinski definition) is 6. The molecule has 0 saturated carbocycles. The van der Waals surface area contributed by atoms with Crippen molar-refractivity contribution in [3.8, 4) is 0 Å². The van der Waals surface area contributed by atoms with Gasteiger partial charge in [-0.1, -0.05) is 6.07 Å². The van der Waals surface area contributed by atoms with Crippen molar-refractivity contribution in [3.63, 3.8) is 0 Å². The van der Waals surface area contributed by atoms with Gasteiger partial charge in [-0.2, -0.15) is 9.29 Å². The van der Waals surface area contributed by atoms with Crippen molar-refractivity contribution >= 4 is 21.8 Å². The normalized spacial score (nSPS) is 18.6. The Balaban J connectivity index is 1.49. The van der Waals surface area contributed by atoms with E-state index >= 15 is 0 Å². The van der Waals surface area contributed by atoms with Crippen molar-refractivity contribution in [1.29, 1.82) is 0 Å². The van der Waals surface area contributed by atoms with Crippen LogP contribution in [-0.2, 0) is 10.0 Å². The fraction of sp³-hybridized carbons (Fsp3) is 0.524. The van der Waals surface area contributed by atoms with Gasteiger partial charge in [0.1, 0.15) is 11.6 Å². The number of rotatable bonds is 4. The molecule has 0 bridgehead atoms. The van der Waals surface area contributed by atoms with Crippen molar-refractivity contribution < 1.29 is 12.8 Å². The van der Waals surface area contributed by atoms with E-state index < -0.39 is 15.8 Å². The molecule has 0 atom stereocenters. The van der Waals surface area contributed by atoms with Crippen molar-refractivity contribution in [1.82, 2.24) is 14.3 Å². The average Bonchev–Trinajstić information content (AvgIpc) is 2.75. The van der Waals surface area contributed by atoms with Gasteiger partial charge < -0.3 is 9.80 Å². The largest absolute Gasteiger partial charge is 0.356 e. The van der Waals surface area contributed by atoms with Gasteiger partial charge in [-0.05, 0) is 50.8 Å². The fourth-order valence-electron chi connectivity index (χ4n) is 4.08. The molecule has 2 aliphatic rings. The molecule has 4 rings (SSSR count). The fourth-order valence-corrected chi connectivity index (χ4v) is 5.74. The second kappa shape index (κ2) is 8.47. The van der Waals surface area contributed by atoms with Crippen LogP contribution >= 0.6 is 0 Å². The van der Waals surface area contributed by atoms with Crippen molar-refractivity contribution in [2.75, 3.05) is 49.1 Å². The van der Waals surface area contributed by atoms with Gasteiger partial charge in [0.05, 0.1) is 4.90 Å². The van der Waals surface area contributed by atoms with Gasteiger partial charge in [-0.25, -0.2) is 17.8 Å². The van der Waals surface area contributed by atoms with Crippen LogP contribution in [0.1, 0.15) is 30.5 Å². The summed E-state index contributed by atoms with van der Waals surface area (Å²) in [5.41, 5.74) is 1.46. The van der Waals surface area contributed by atoms with E-state index in [0.717, 1.165) is 30.7 Å². The van der Waals surface area contributed by atoms with E-state index in [1.807, 2.05) is 17.9 Å². The number of aromatic nitrogens is 2. The zero-order valence-electron chi connectivity index (χ0n) is 17.5. The molecule has 0 spiro atoms. The summed E-state index contributed by atoms with van der Waals surface area (Å²) in [5.74, 6) is 1.05. The predicted octanol–water partition coefficient (Wildman–Crippen LogP) is 2.73. The third kappa shape index (κ3) is 4.27. The van der Waals surface area contributed by atoms with Crippen LogP contribution in [0.4, 0.5) is 16.2 Å². The highest BCUT2D eigenvalue weighted by atomic mass is 32.2. The Labute approximate surface area is 177 Å². The lowest BCUT2D eigenvalue weighted by Crippen LogP contribution is -2.49. The molecule has 7 nitrogen and oxygen atoms in total. The summed E-state index contributed by atoms with van der Waals surface area (Å²) < 4.78 is 41.1. The van der Waals surface area contributed by atoms with Crippen LogP contribution in [-0.4, -0.2) is 62.0 Å². The number of sulfonamides is 1. The number of nitrogens with zero attached hydrogens (tertiary/aromatic N) is 5. The Morgan fingerprint density at radius 3 is 2.27 bits per heavy atom. The highest BCUT2D eigenvalue weighted by molar-refractivity contribution is 7.89. The number of halogens is 1. The first kappa shape index (κ1) is 21.0. The summed E-state index contributed by atoms with van der Waals surface area (Å²) in [5, 5.41) is 0. The maximum atomic E-state index is 13.6. The van der Waals surface area contributed by atoms with Crippen LogP contribution in [0.15, 0.2) is 29.2 Å². The lowest BCUT2D eigenvalue weighted by molar-refractivity contribution is 0.382. The van der Waals surface area contributed by atoms with Crippen molar-refractivity contribution in [2.24, 2.45) is 0 Å². The minimum Gasteiger partial charge on any atom is -0.356 e. The molecule has 0 aliphatic carbocycles. The molecule has 1 aromatic carbocycles. The van der Waals surface area contributed by atoms with Crippen LogP contribution in [0.2, 0.25) is 0 Å². The molecule has 2 fully saturated rings. The molecule has 2 aromatic rings. The number of piperazine rings is 1. The highest BCUT2D eigenvalue weighted by Crippen LogP contribution is 2.25. The Hall–Kier alpha value is -2.26. The van der Waals surface area contributed by atoms with Crippen molar-refractivity contribution in [2.45, 2.75) is 38.0 Å². The number of anilines is 2. The molecule has 2 aliphatic heterocycles. The lowest BCUT2D eigenvalue weighted by atomic mass is 10.1. The number of benzene rings is 1. The molecule has 0 N–H and O–H groups in total. The Bertz CT molecular complexity index is 1020. The Morgan fingerprint density at radius 1 is 0.867 bits per heavy atom. The maximum Gasteiger partial charge on any atom is 0.243 e. The Morgan fingerprint density at radius 2 is 1.57 bits per heavy atom. The molecule has 30 heavy (non-hydrogen) atoms. The topological polar surface area (TPSA) is 69.6 Å². The van der Waals surface area contributed by atoms with Crippen LogP contribution in [0.25, 0.3) is 0 Å². The van der Waals surface area contributed by atoms with Gasteiger partial charge in [0.2, 0.25) is 16.0 Å². The Kier molecular flexibility index (Phi) is 5.92. The SMILES string of the molecule is Cc1cc(N2CCCCC2)nc(N2CCN(S(=O)(=O)c3cc(F)ccc3C)CC2)n1. The minimum absolute atomic E-state index is 0.0372. The monoisotopic (exact) mass is 433 g/mol. The first-order chi connectivity index (χ1) is 14.3. The van der Waals surface area contributed by atoms with E-state index in [1.54, 1.807) is 6.92 Å². The van der Waals surface area contributed by atoms with Crippen LogP contribution < -0.4 is 9.80 Å². The smallest absolute Gasteiger partial charge is 0.243 e. The second-order valence-corrected chi connectivity index (χ2v) is 9.92. The third-order valence-corrected chi connectivity index (χ3v) is 7.84.